The highest BCUT2D eigenvalue weighted by atomic mass is 32.1. The van der Waals surface area contributed by atoms with Crippen LogP contribution in [-0.4, -0.2) is 5.54 Å². The molecule has 1 aromatic rings. The van der Waals surface area contributed by atoms with Gasteiger partial charge in [-0.1, -0.05) is 13.8 Å². The van der Waals surface area contributed by atoms with Gasteiger partial charge in [0.25, 0.3) is 0 Å². The zero-order chi connectivity index (χ0) is 12.2. The Morgan fingerprint density at radius 2 is 2.06 bits per heavy atom. The molecule has 88 valence electrons. The molecule has 1 heterocycles. The first-order valence-corrected chi connectivity index (χ1v) is 6.64. The predicted molar refractivity (Wildman–Crippen MR) is 69.6 cm³/mol. The molecule has 1 rings (SSSR count). The minimum Gasteiger partial charge on any atom is -0.304 e. The Hall–Kier alpha value is -0.850. The van der Waals surface area contributed by atoms with Gasteiger partial charge >= 0.3 is 0 Å². The summed E-state index contributed by atoms with van der Waals surface area (Å²) in [5, 5.41) is 12.4. The quantitative estimate of drug-likeness (QED) is 0.843. The molecule has 0 aliphatic heterocycles. The highest BCUT2D eigenvalue weighted by Crippen LogP contribution is 2.26. The second kappa shape index (κ2) is 5.47. The van der Waals surface area contributed by atoms with Crippen molar-refractivity contribution in [3.63, 3.8) is 0 Å². The van der Waals surface area contributed by atoms with Gasteiger partial charge in [-0.15, -0.1) is 11.3 Å². The lowest BCUT2D eigenvalue weighted by molar-refractivity contribution is 0.301. The van der Waals surface area contributed by atoms with E-state index in [1.54, 1.807) is 11.3 Å². The third-order valence-corrected chi connectivity index (χ3v) is 4.46. The number of nitriles is 1. The fraction of sp³-hybridized carbons (Fsp3) is 0.615. The summed E-state index contributed by atoms with van der Waals surface area (Å²) in [6.07, 6.45) is 2.23. The molecule has 1 N–H and O–H groups in total. The molecule has 1 atom stereocenters. The van der Waals surface area contributed by atoms with E-state index < -0.39 is 0 Å². The van der Waals surface area contributed by atoms with E-state index in [0.29, 0.717) is 6.04 Å². The molecule has 0 saturated carbocycles. The molecule has 0 saturated heterocycles. The minimum atomic E-state index is 0.191. The van der Waals surface area contributed by atoms with E-state index in [0.717, 1.165) is 17.7 Å². The summed E-state index contributed by atoms with van der Waals surface area (Å²) in [6, 6.07) is 6.44. The molecule has 1 unspecified atom stereocenters. The summed E-state index contributed by atoms with van der Waals surface area (Å²) in [6.45, 7) is 8.83. The molecule has 0 fully saturated rings. The highest BCUT2D eigenvalue weighted by Gasteiger charge is 2.22. The van der Waals surface area contributed by atoms with Crippen LogP contribution < -0.4 is 5.32 Å². The second-order valence-electron chi connectivity index (χ2n) is 4.45. The Morgan fingerprint density at radius 1 is 1.44 bits per heavy atom. The molecule has 0 radical (unpaired) electrons. The normalized spacial score (nSPS) is 13.4. The van der Waals surface area contributed by atoms with Crippen molar-refractivity contribution in [2.75, 3.05) is 0 Å². The summed E-state index contributed by atoms with van der Waals surface area (Å²) in [7, 11) is 0. The van der Waals surface area contributed by atoms with Gasteiger partial charge in [-0.25, -0.2) is 0 Å². The average molecular weight is 236 g/mol. The largest absolute Gasteiger partial charge is 0.304 e. The first-order valence-electron chi connectivity index (χ1n) is 5.82. The first-order chi connectivity index (χ1) is 7.54. The molecule has 0 aliphatic rings. The topological polar surface area (TPSA) is 35.8 Å². The number of nitrogens with one attached hydrogen (secondary N) is 1. The van der Waals surface area contributed by atoms with Crippen LogP contribution in [0, 0.1) is 11.3 Å². The summed E-state index contributed by atoms with van der Waals surface area (Å²) >= 11 is 1.58. The van der Waals surface area contributed by atoms with Gasteiger partial charge in [-0.05, 0) is 38.8 Å². The Bertz CT molecular complexity index is 372. The lowest BCUT2D eigenvalue weighted by Crippen LogP contribution is -2.42. The van der Waals surface area contributed by atoms with Crippen LogP contribution in [0.2, 0.25) is 0 Å². The minimum absolute atomic E-state index is 0.191. The van der Waals surface area contributed by atoms with Crippen LogP contribution in [0.15, 0.2) is 12.1 Å². The van der Waals surface area contributed by atoms with E-state index >= 15 is 0 Å². The highest BCUT2D eigenvalue weighted by molar-refractivity contribution is 7.12. The molecule has 0 amide bonds. The smallest absolute Gasteiger partial charge is 0.110 e. The zero-order valence-electron chi connectivity index (χ0n) is 10.5. The number of nitrogens with zero attached hydrogens (tertiary/aromatic N) is 1. The Kier molecular flexibility index (Phi) is 4.52. The van der Waals surface area contributed by atoms with Crippen LogP contribution in [0.5, 0.6) is 0 Å². The van der Waals surface area contributed by atoms with Gasteiger partial charge < -0.3 is 5.32 Å². The van der Waals surface area contributed by atoms with Gasteiger partial charge in [0.05, 0.1) is 0 Å². The van der Waals surface area contributed by atoms with Gasteiger partial charge in [0.1, 0.15) is 10.9 Å². The van der Waals surface area contributed by atoms with Crippen LogP contribution in [0.25, 0.3) is 0 Å². The summed E-state index contributed by atoms with van der Waals surface area (Å²) in [5.41, 5.74) is 0.191. The second-order valence-corrected chi connectivity index (χ2v) is 5.56. The molecule has 3 heteroatoms. The van der Waals surface area contributed by atoms with E-state index in [1.807, 2.05) is 12.1 Å². The number of hydrogen-bond donors (Lipinski definition) is 1. The van der Waals surface area contributed by atoms with Crippen LogP contribution >= 0.6 is 11.3 Å². The predicted octanol–water partition coefficient (Wildman–Crippen LogP) is 3.85. The third-order valence-electron chi connectivity index (χ3n) is 3.29. The molecule has 1 aromatic heterocycles. The Balaban J connectivity index is 2.72. The standard InChI is InChI=1S/C13H20N2S/c1-5-13(4,6-2)15-10(3)12-8-7-11(9-14)16-12/h7-8,10,15H,5-6H2,1-4H3. The monoisotopic (exact) mass is 236 g/mol. The average Bonchev–Trinajstić information content (AvgIpc) is 2.77. The van der Waals surface area contributed by atoms with E-state index in [9.17, 15) is 0 Å². The van der Waals surface area contributed by atoms with Crippen molar-refractivity contribution in [2.24, 2.45) is 0 Å². The molecule has 0 spiro atoms. The van der Waals surface area contributed by atoms with Crippen molar-refractivity contribution in [1.29, 1.82) is 5.26 Å². The molecular weight excluding hydrogens is 216 g/mol. The molecular formula is C13H20N2S. The van der Waals surface area contributed by atoms with Gasteiger partial charge in [-0.2, -0.15) is 5.26 Å². The number of thiophene rings is 1. The third kappa shape index (κ3) is 3.07. The van der Waals surface area contributed by atoms with Crippen LogP contribution in [0.3, 0.4) is 0 Å². The van der Waals surface area contributed by atoms with Gasteiger partial charge in [0.2, 0.25) is 0 Å². The van der Waals surface area contributed by atoms with Crippen molar-refractivity contribution >= 4 is 11.3 Å². The lowest BCUT2D eigenvalue weighted by atomic mass is 9.94. The van der Waals surface area contributed by atoms with E-state index in [2.05, 4.69) is 39.1 Å². The van der Waals surface area contributed by atoms with Crippen molar-refractivity contribution in [3.8, 4) is 6.07 Å². The van der Waals surface area contributed by atoms with Crippen LogP contribution in [0.4, 0.5) is 0 Å². The first kappa shape index (κ1) is 13.2. The summed E-state index contributed by atoms with van der Waals surface area (Å²) < 4.78 is 0. The maximum atomic E-state index is 8.80. The van der Waals surface area contributed by atoms with Gasteiger partial charge in [0.15, 0.2) is 0 Å². The van der Waals surface area contributed by atoms with E-state index in [-0.39, 0.29) is 5.54 Å². The van der Waals surface area contributed by atoms with Crippen molar-refractivity contribution in [2.45, 2.75) is 52.1 Å². The van der Waals surface area contributed by atoms with Crippen LogP contribution in [-0.2, 0) is 0 Å². The molecule has 0 bridgehead atoms. The lowest BCUT2D eigenvalue weighted by Gasteiger charge is -2.31. The fourth-order valence-electron chi connectivity index (χ4n) is 1.69. The maximum absolute atomic E-state index is 8.80. The van der Waals surface area contributed by atoms with E-state index in [4.69, 9.17) is 5.26 Å². The van der Waals surface area contributed by atoms with Gasteiger partial charge in [0, 0.05) is 16.5 Å². The molecule has 0 aromatic carbocycles. The molecule has 2 nitrogen and oxygen atoms in total. The number of rotatable bonds is 5. The van der Waals surface area contributed by atoms with Crippen molar-refractivity contribution in [3.05, 3.63) is 21.9 Å². The summed E-state index contributed by atoms with van der Waals surface area (Å²) in [4.78, 5) is 2.03. The van der Waals surface area contributed by atoms with E-state index in [1.165, 1.54) is 4.88 Å². The summed E-state index contributed by atoms with van der Waals surface area (Å²) in [5.74, 6) is 0. The number of hydrogen-bond acceptors (Lipinski definition) is 3. The van der Waals surface area contributed by atoms with Crippen LogP contribution in [0.1, 0.15) is 56.3 Å². The van der Waals surface area contributed by atoms with Gasteiger partial charge in [-0.3, -0.25) is 0 Å². The SMILES string of the molecule is CCC(C)(CC)NC(C)c1ccc(C#N)s1. The Morgan fingerprint density at radius 3 is 2.50 bits per heavy atom. The zero-order valence-corrected chi connectivity index (χ0v) is 11.3. The fourth-order valence-corrected chi connectivity index (χ4v) is 2.50. The van der Waals surface area contributed by atoms with Crippen molar-refractivity contribution in [1.82, 2.24) is 5.32 Å². The maximum Gasteiger partial charge on any atom is 0.110 e. The Labute approximate surface area is 102 Å². The molecule has 16 heavy (non-hydrogen) atoms. The molecule has 0 aliphatic carbocycles. The van der Waals surface area contributed by atoms with Crippen molar-refractivity contribution < 1.29 is 0 Å².